The van der Waals surface area contributed by atoms with Gasteiger partial charge in [-0.3, -0.25) is 19.6 Å². The molecule has 9 heteroatoms. The molecule has 3 heterocycles. The molecule has 0 saturated carbocycles. The minimum absolute atomic E-state index is 0.177. The fourth-order valence-electron chi connectivity index (χ4n) is 4.35. The van der Waals surface area contributed by atoms with Crippen molar-refractivity contribution in [1.82, 2.24) is 24.3 Å². The van der Waals surface area contributed by atoms with Crippen molar-refractivity contribution in [2.75, 3.05) is 18.5 Å². The number of amides is 1. The Morgan fingerprint density at radius 1 is 1.24 bits per heavy atom. The predicted molar refractivity (Wildman–Crippen MR) is 129 cm³/mol. The summed E-state index contributed by atoms with van der Waals surface area (Å²) in [6.07, 6.45) is 1.33. The van der Waals surface area contributed by atoms with Crippen LogP contribution in [0.4, 0.5) is 5.95 Å². The van der Waals surface area contributed by atoms with E-state index in [9.17, 15) is 9.59 Å². The number of H-pyrrole nitrogens is 1. The van der Waals surface area contributed by atoms with E-state index < -0.39 is 0 Å². The second kappa shape index (κ2) is 9.58. The van der Waals surface area contributed by atoms with E-state index in [4.69, 9.17) is 4.74 Å². The summed E-state index contributed by atoms with van der Waals surface area (Å²) in [7, 11) is 1.80. The maximum absolute atomic E-state index is 12.8. The maximum Gasteiger partial charge on any atom is 0.253 e. The van der Waals surface area contributed by atoms with Crippen molar-refractivity contribution >= 4 is 33.9 Å². The lowest BCUT2D eigenvalue weighted by Crippen LogP contribution is -2.20. The van der Waals surface area contributed by atoms with Gasteiger partial charge >= 0.3 is 0 Å². The highest BCUT2D eigenvalue weighted by atomic mass is 16.5. The van der Waals surface area contributed by atoms with E-state index in [1.807, 2.05) is 49.6 Å². The largest absolute Gasteiger partial charge is 0.382 e. The fraction of sp³-hybridized carbons (Fsp3) is 0.417. The van der Waals surface area contributed by atoms with Gasteiger partial charge < -0.3 is 14.3 Å². The van der Waals surface area contributed by atoms with Crippen LogP contribution in [-0.4, -0.2) is 43.4 Å². The standard InChI is InChI=1S/C24H30N6O3/c1-5-33-14-8-13-30-19-10-7-6-9-18(19)25-24(30)26-20(31)12-11-17-15(2)21-16(3)28-29(4)22(21)27-23(17)32/h6-7,9-10H,5,8,11-14H2,1-4H3,(H,27,32)(H,25,26,31). The molecule has 1 aromatic carbocycles. The number of rotatable bonds is 9. The topological polar surface area (TPSA) is 107 Å². The Balaban J connectivity index is 1.52. The number of carbonyl (C=O) groups is 1. The molecule has 4 rings (SSSR count). The second-order valence-electron chi connectivity index (χ2n) is 8.16. The molecule has 0 spiro atoms. The minimum Gasteiger partial charge on any atom is -0.382 e. The lowest BCUT2D eigenvalue weighted by atomic mass is 10.0. The Labute approximate surface area is 191 Å². The highest BCUT2D eigenvalue weighted by molar-refractivity contribution is 5.92. The van der Waals surface area contributed by atoms with Gasteiger partial charge in [-0.25, -0.2) is 4.98 Å². The van der Waals surface area contributed by atoms with Gasteiger partial charge in [0, 0.05) is 44.2 Å². The van der Waals surface area contributed by atoms with Crippen LogP contribution in [0.2, 0.25) is 0 Å². The lowest BCUT2D eigenvalue weighted by Gasteiger charge is -2.11. The van der Waals surface area contributed by atoms with E-state index in [0.717, 1.165) is 34.1 Å². The van der Waals surface area contributed by atoms with Crippen LogP contribution < -0.4 is 10.9 Å². The van der Waals surface area contributed by atoms with E-state index >= 15 is 0 Å². The number of ether oxygens (including phenoxy) is 1. The number of benzene rings is 1. The number of para-hydroxylation sites is 2. The molecular formula is C24H30N6O3. The number of aromatic amines is 1. The van der Waals surface area contributed by atoms with Crippen LogP contribution in [0.5, 0.6) is 0 Å². The summed E-state index contributed by atoms with van der Waals surface area (Å²) in [6.45, 7) is 7.81. The third kappa shape index (κ3) is 4.54. The van der Waals surface area contributed by atoms with Crippen LogP contribution in [-0.2, 0) is 29.5 Å². The van der Waals surface area contributed by atoms with Crippen molar-refractivity contribution < 1.29 is 9.53 Å². The van der Waals surface area contributed by atoms with Crippen LogP contribution in [0.3, 0.4) is 0 Å². The van der Waals surface area contributed by atoms with Gasteiger partial charge in [0.2, 0.25) is 11.9 Å². The number of aryl methyl sites for hydroxylation is 4. The Morgan fingerprint density at radius 3 is 2.82 bits per heavy atom. The van der Waals surface area contributed by atoms with E-state index in [0.29, 0.717) is 43.3 Å². The first kappa shape index (κ1) is 22.7. The molecule has 0 bridgehead atoms. The van der Waals surface area contributed by atoms with Gasteiger partial charge in [0.15, 0.2) is 0 Å². The number of hydrogen-bond acceptors (Lipinski definition) is 5. The number of fused-ring (bicyclic) bond motifs is 2. The molecule has 0 unspecified atom stereocenters. The van der Waals surface area contributed by atoms with Crippen molar-refractivity contribution in [1.29, 1.82) is 0 Å². The minimum atomic E-state index is -0.182. The molecule has 0 aliphatic carbocycles. The highest BCUT2D eigenvalue weighted by Crippen LogP contribution is 2.22. The van der Waals surface area contributed by atoms with Crippen LogP contribution in [0, 0.1) is 13.8 Å². The number of hydrogen-bond donors (Lipinski definition) is 2. The summed E-state index contributed by atoms with van der Waals surface area (Å²) in [4.78, 5) is 33.0. The molecule has 0 aliphatic heterocycles. The van der Waals surface area contributed by atoms with E-state index in [-0.39, 0.29) is 17.9 Å². The molecule has 9 nitrogen and oxygen atoms in total. The molecule has 2 N–H and O–H groups in total. The van der Waals surface area contributed by atoms with E-state index in [1.54, 1.807) is 11.7 Å². The number of pyridine rings is 1. The number of aromatic nitrogens is 5. The number of nitrogens with zero attached hydrogens (tertiary/aromatic N) is 4. The summed E-state index contributed by atoms with van der Waals surface area (Å²) < 4.78 is 9.14. The van der Waals surface area contributed by atoms with E-state index in [2.05, 4.69) is 20.4 Å². The van der Waals surface area contributed by atoms with Gasteiger partial charge in [-0.1, -0.05) is 12.1 Å². The first-order chi connectivity index (χ1) is 15.9. The number of nitrogens with one attached hydrogen (secondary N) is 2. The Bertz CT molecular complexity index is 1360. The molecule has 0 atom stereocenters. The van der Waals surface area contributed by atoms with Gasteiger partial charge in [0.1, 0.15) is 5.65 Å². The number of imidazole rings is 1. The highest BCUT2D eigenvalue weighted by Gasteiger charge is 2.17. The van der Waals surface area contributed by atoms with Crippen LogP contribution in [0.15, 0.2) is 29.1 Å². The van der Waals surface area contributed by atoms with Crippen molar-refractivity contribution in [3.63, 3.8) is 0 Å². The molecule has 0 radical (unpaired) electrons. The molecule has 0 aliphatic rings. The normalized spacial score (nSPS) is 11.5. The molecule has 1 amide bonds. The van der Waals surface area contributed by atoms with E-state index in [1.165, 1.54) is 0 Å². The molecular weight excluding hydrogens is 420 g/mol. The smallest absolute Gasteiger partial charge is 0.253 e. The SMILES string of the molecule is CCOCCCn1c(NC(=O)CCc2c(C)c3c(C)nn(C)c3[nH]c2=O)nc2ccccc21. The van der Waals surface area contributed by atoms with Crippen molar-refractivity contribution in [2.45, 2.75) is 46.6 Å². The van der Waals surface area contributed by atoms with Gasteiger partial charge in [-0.2, -0.15) is 5.10 Å². The first-order valence-corrected chi connectivity index (χ1v) is 11.3. The zero-order chi connectivity index (χ0) is 23.5. The first-order valence-electron chi connectivity index (χ1n) is 11.3. The molecule has 0 saturated heterocycles. The quantitative estimate of drug-likeness (QED) is 0.381. The molecule has 174 valence electrons. The van der Waals surface area contributed by atoms with Crippen molar-refractivity contribution in [3.05, 3.63) is 51.4 Å². The monoisotopic (exact) mass is 450 g/mol. The average molecular weight is 451 g/mol. The zero-order valence-corrected chi connectivity index (χ0v) is 19.6. The summed E-state index contributed by atoms with van der Waals surface area (Å²) in [6, 6.07) is 7.81. The average Bonchev–Trinajstić information content (AvgIpc) is 3.27. The van der Waals surface area contributed by atoms with Gasteiger partial charge in [0.05, 0.1) is 16.7 Å². The van der Waals surface area contributed by atoms with Crippen LogP contribution in [0.25, 0.3) is 22.1 Å². The maximum atomic E-state index is 12.8. The van der Waals surface area contributed by atoms with Gasteiger partial charge in [0.25, 0.3) is 5.56 Å². The summed E-state index contributed by atoms with van der Waals surface area (Å²) >= 11 is 0. The summed E-state index contributed by atoms with van der Waals surface area (Å²) in [5.74, 6) is 0.333. The zero-order valence-electron chi connectivity index (χ0n) is 19.6. The molecule has 33 heavy (non-hydrogen) atoms. The third-order valence-electron chi connectivity index (χ3n) is 5.94. The summed E-state index contributed by atoms with van der Waals surface area (Å²) in [5, 5.41) is 8.28. The van der Waals surface area contributed by atoms with Crippen LogP contribution >= 0.6 is 0 Å². The van der Waals surface area contributed by atoms with Crippen molar-refractivity contribution in [2.24, 2.45) is 7.05 Å². The number of carbonyl (C=O) groups excluding carboxylic acids is 1. The van der Waals surface area contributed by atoms with Crippen molar-refractivity contribution in [3.8, 4) is 0 Å². The lowest BCUT2D eigenvalue weighted by molar-refractivity contribution is -0.116. The number of anilines is 1. The second-order valence-corrected chi connectivity index (χ2v) is 8.16. The Hall–Kier alpha value is -3.46. The molecule has 3 aromatic heterocycles. The Kier molecular flexibility index (Phi) is 6.60. The van der Waals surface area contributed by atoms with Gasteiger partial charge in [-0.05, 0) is 51.3 Å². The molecule has 4 aromatic rings. The van der Waals surface area contributed by atoms with Gasteiger partial charge in [-0.15, -0.1) is 0 Å². The molecule has 0 fully saturated rings. The Morgan fingerprint density at radius 2 is 2.03 bits per heavy atom. The predicted octanol–water partition coefficient (Wildman–Crippen LogP) is 3.23. The summed E-state index contributed by atoms with van der Waals surface area (Å²) in [5.41, 5.74) is 4.65. The van der Waals surface area contributed by atoms with Crippen LogP contribution in [0.1, 0.15) is 36.6 Å². The fourth-order valence-corrected chi connectivity index (χ4v) is 4.35. The third-order valence-corrected chi connectivity index (χ3v) is 5.94.